The van der Waals surface area contributed by atoms with Crippen molar-refractivity contribution < 1.29 is 28.5 Å². The van der Waals surface area contributed by atoms with Gasteiger partial charge in [-0.05, 0) is 110 Å². The normalized spacial score (nSPS) is 19.4. The second-order valence-electron chi connectivity index (χ2n) is 20.0. The van der Waals surface area contributed by atoms with Crippen LogP contribution in [0, 0.1) is 5.92 Å². The number of hydrogen-bond donors (Lipinski definition) is 3. The molecule has 0 spiro atoms. The number of methoxy groups -OCH3 is 1. The summed E-state index contributed by atoms with van der Waals surface area (Å²) in [5, 5.41) is 15.2. The number of benzene rings is 3. The second-order valence-corrected chi connectivity index (χ2v) is 24.0. The summed E-state index contributed by atoms with van der Waals surface area (Å²) in [5.41, 5.74) is 6.70. The number of halogens is 1. The zero-order chi connectivity index (χ0) is 50.7. The summed E-state index contributed by atoms with van der Waals surface area (Å²) in [6.07, 6.45) is 9.82. The molecule has 6 aromatic rings. The highest BCUT2D eigenvalue weighted by molar-refractivity contribution is 9.10. The maximum Gasteiger partial charge on any atom is 0.262 e. The Labute approximate surface area is 431 Å². The Kier molecular flexibility index (Phi) is 13.0. The highest BCUT2D eigenvalue weighted by atomic mass is 79.9. The summed E-state index contributed by atoms with van der Waals surface area (Å²) in [6, 6.07) is 16.6. The number of carbonyl (C=O) groups excluding carboxylic acids is 4. The summed E-state index contributed by atoms with van der Waals surface area (Å²) in [5.74, 6) is 0.151. The van der Waals surface area contributed by atoms with Gasteiger partial charge in [-0.15, -0.1) is 0 Å². The van der Waals surface area contributed by atoms with Gasteiger partial charge in [0.25, 0.3) is 11.8 Å². The number of likely N-dealkylation sites (tertiary alicyclic amines) is 1. The van der Waals surface area contributed by atoms with Crippen molar-refractivity contribution in [2.45, 2.75) is 37.8 Å². The number of ether oxygens (including phenoxy) is 1. The van der Waals surface area contributed by atoms with Crippen molar-refractivity contribution in [3.05, 3.63) is 95.0 Å². The fourth-order valence-electron chi connectivity index (χ4n) is 11.1. The van der Waals surface area contributed by atoms with E-state index in [4.69, 9.17) is 9.72 Å². The molecular formula is C52H57BrN13O6P. The largest absolute Gasteiger partial charge is 0.494 e. The lowest BCUT2D eigenvalue weighted by Gasteiger charge is -2.49. The van der Waals surface area contributed by atoms with Gasteiger partial charge in [-0.25, -0.2) is 4.98 Å². The van der Waals surface area contributed by atoms with E-state index in [0.717, 1.165) is 110 Å². The van der Waals surface area contributed by atoms with Crippen molar-refractivity contribution in [1.82, 2.24) is 44.7 Å². The Hall–Kier alpha value is -6.73. The number of aromatic nitrogens is 5. The SMILES string of the molecule is COc1cc(N2CCN(CC3CCN(C4CN(c5ccc6c(c5)C(=O)N(C5CCC(=O)NC5=O)C6=O)C4)CC3)CC2)c(-c2cnn(C)c2)cc1Nc1ncc(Br)c(Nc2ccc3ncccc3c2P(C)(C)=O)n1. The molecule has 4 fully saturated rings. The van der Waals surface area contributed by atoms with Crippen LogP contribution in [-0.4, -0.2) is 154 Å². The maximum atomic E-state index is 13.7. The fourth-order valence-corrected chi connectivity index (χ4v) is 12.8. The van der Waals surface area contributed by atoms with Gasteiger partial charge in [0.15, 0.2) is 0 Å². The standard InChI is InChI=1S/C52H57BrN13O6P/c1-61-28-32(25-56-61)37-23-42(58-52-55-26-39(53)48(60-52)57-41-10-9-40-36(6-5-15-54-40)47(41)73(3,4)71)45(72-2)24-44(37)64-20-18-62(19-21-64)27-31-13-16-63(17-14-31)34-29-65(30-34)33-7-8-35-38(22-33)51(70)66(50(35)69)43-11-12-46(67)59-49(43)68/h5-10,15,22-26,28,31,34,43H,11-14,16-21,27,29-30H2,1-4H3,(H,59,67,68)(H2,55,57,58,60). The number of carbonyl (C=O) groups is 4. The zero-order valence-corrected chi connectivity index (χ0v) is 43.7. The molecule has 3 N–H and O–H groups in total. The Morgan fingerprint density at radius 2 is 1.62 bits per heavy atom. The second kappa shape index (κ2) is 19.6. The number of piperazine rings is 1. The number of fused-ring (bicyclic) bond motifs is 2. The van der Waals surface area contributed by atoms with Crippen molar-refractivity contribution >= 4 is 97.4 Å². The van der Waals surface area contributed by atoms with Crippen LogP contribution < -0.4 is 35.8 Å². The van der Waals surface area contributed by atoms with Crippen LogP contribution in [0.3, 0.4) is 0 Å². The average Bonchev–Trinajstić information content (AvgIpc) is 3.90. The molecule has 4 saturated heterocycles. The van der Waals surface area contributed by atoms with Crippen LogP contribution >= 0.6 is 23.1 Å². The first-order valence-electron chi connectivity index (χ1n) is 24.7. The third kappa shape index (κ3) is 9.57. The van der Waals surface area contributed by atoms with Gasteiger partial charge in [-0.3, -0.25) is 48.9 Å². The molecule has 378 valence electrons. The van der Waals surface area contributed by atoms with Crippen LogP contribution in [0.25, 0.3) is 22.0 Å². The van der Waals surface area contributed by atoms with Gasteiger partial charge in [0.2, 0.25) is 17.8 Å². The number of amides is 4. The van der Waals surface area contributed by atoms with Crippen molar-refractivity contribution in [1.29, 1.82) is 0 Å². The Balaban J connectivity index is 0.707. The molecule has 0 saturated carbocycles. The van der Waals surface area contributed by atoms with E-state index in [1.807, 2.05) is 54.5 Å². The summed E-state index contributed by atoms with van der Waals surface area (Å²) in [6.45, 7) is 12.0. The molecule has 4 amide bonds. The number of pyridine rings is 1. The fraction of sp³-hybridized carbons (Fsp3) is 0.385. The summed E-state index contributed by atoms with van der Waals surface area (Å²) < 4.78 is 22.2. The van der Waals surface area contributed by atoms with E-state index in [-0.39, 0.29) is 12.8 Å². The third-order valence-corrected chi connectivity index (χ3v) is 17.1. The summed E-state index contributed by atoms with van der Waals surface area (Å²) in [4.78, 5) is 75.7. The first kappa shape index (κ1) is 48.5. The van der Waals surface area contributed by atoms with E-state index >= 15 is 0 Å². The van der Waals surface area contributed by atoms with E-state index in [9.17, 15) is 23.7 Å². The van der Waals surface area contributed by atoms with Crippen LogP contribution in [-0.2, 0) is 21.2 Å². The van der Waals surface area contributed by atoms with Gasteiger partial charge in [0.1, 0.15) is 24.8 Å². The molecule has 19 nitrogen and oxygen atoms in total. The lowest BCUT2D eigenvalue weighted by atomic mass is 9.93. The van der Waals surface area contributed by atoms with Crippen LogP contribution in [0.2, 0.25) is 0 Å². The monoisotopic (exact) mass is 1070 g/mol. The molecule has 0 radical (unpaired) electrons. The van der Waals surface area contributed by atoms with Gasteiger partial charge in [-0.2, -0.15) is 10.1 Å². The van der Waals surface area contributed by atoms with Crippen molar-refractivity contribution in [3.8, 4) is 16.9 Å². The minimum atomic E-state index is -2.75. The average molecular weight is 1070 g/mol. The predicted octanol–water partition coefficient (Wildman–Crippen LogP) is 6.06. The molecule has 0 aliphatic carbocycles. The molecule has 3 aromatic heterocycles. The van der Waals surface area contributed by atoms with Gasteiger partial charge in [0, 0.05) is 123 Å². The predicted molar refractivity (Wildman–Crippen MR) is 284 cm³/mol. The highest BCUT2D eigenvalue weighted by Crippen LogP contribution is 2.44. The van der Waals surface area contributed by atoms with E-state index in [2.05, 4.69) is 78.7 Å². The van der Waals surface area contributed by atoms with Gasteiger partial charge in [-0.1, -0.05) is 6.07 Å². The van der Waals surface area contributed by atoms with Crippen molar-refractivity contribution in [2.24, 2.45) is 13.0 Å². The van der Waals surface area contributed by atoms with E-state index < -0.39 is 36.8 Å². The maximum absolute atomic E-state index is 13.7. The number of aryl methyl sites for hydroxylation is 1. The number of anilines is 6. The van der Waals surface area contributed by atoms with Gasteiger partial charge >= 0.3 is 0 Å². The van der Waals surface area contributed by atoms with Crippen LogP contribution in [0.4, 0.5) is 34.5 Å². The third-order valence-electron chi connectivity index (χ3n) is 14.9. The molecule has 11 rings (SSSR count). The Bertz CT molecular complexity index is 3230. The Morgan fingerprint density at radius 1 is 0.836 bits per heavy atom. The molecule has 5 aliphatic heterocycles. The first-order valence-corrected chi connectivity index (χ1v) is 28.1. The number of piperidine rings is 2. The quantitative estimate of drug-likeness (QED) is 0.0890. The zero-order valence-electron chi connectivity index (χ0n) is 41.2. The summed E-state index contributed by atoms with van der Waals surface area (Å²) >= 11 is 3.63. The molecule has 21 heteroatoms. The van der Waals surface area contributed by atoms with Crippen LogP contribution in [0.5, 0.6) is 5.75 Å². The molecule has 3 aromatic carbocycles. The lowest BCUT2D eigenvalue weighted by Crippen LogP contribution is -2.61. The van der Waals surface area contributed by atoms with Crippen LogP contribution in [0.1, 0.15) is 46.4 Å². The van der Waals surface area contributed by atoms with Crippen molar-refractivity contribution in [2.75, 3.05) is 99.8 Å². The van der Waals surface area contributed by atoms with E-state index in [0.29, 0.717) is 61.8 Å². The number of imide groups is 2. The number of hydrogen-bond acceptors (Lipinski definition) is 16. The minimum absolute atomic E-state index is 0.0908. The molecule has 8 heterocycles. The summed E-state index contributed by atoms with van der Waals surface area (Å²) in [7, 11) is 0.834. The van der Waals surface area contributed by atoms with Crippen LogP contribution in [0.15, 0.2) is 83.9 Å². The topological polar surface area (TPSA) is 203 Å². The van der Waals surface area contributed by atoms with Gasteiger partial charge < -0.3 is 29.7 Å². The molecular weight excluding hydrogens is 1010 g/mol. The first-order chi connectivity index (χ1) is 35.2. The van der Waals surface area contributed by atoms with E-state index in [1.54, 1.807) is 45.0 Å². The molecule has 0 bridgehead atoms. The smallest absolute Gasteiger partial charge is 0.262 e. The molecule has 73 heavy (non-hydrogen) atoms. The molecule has 1 atom stereocenters. The van der Waals surface area contributed by atoms with Gasteiger partial charge in [0.05, 0.1) is 45.8 Å². The Morgan fingerprint density at radius 3 is 2.34 bits per heavy atom. The van der Waals surface area contributed by atoms with Crippen molar-refractivity contribution in [3.63, 3.8) is 0 Å². The number of nitrogens with zero attached hydrogens (tertiary/aromatic N) is 10. The number of nitrogens with one attached hydrogen (secondary N) is 3. The lowest BCUT2D eigenvalue weighted by molar-refractivity contribution is -0.136. The molecule has 5 aliphatic rings. The molecule has 1 unspecified atom stereocenters. The highest BCUT2D eigenvalue weighted by Gasteiger charge is 2.45. The number of rotatable bonds is 13. The minimum Gasteiger partial charge on any atom is -0.494 e. The van der Waals surface area contributed by atoms with E-state index in [1.165, 1.54) is 0 Å².